The Bertz CT molecular complexity index is 600. The minimum absolute atomic E-state index is 0.0963. The standard InChI is InChI=1S/C21H27NOS/c1-3-4-7-12-17(2)22-21(23)20(18-13-8-5-9-14-18)24-19-15-10-6-11-16-19/h5-6,8-11,13-17,20H,3-4,7,12H2,1-2H3,(H,22,23)/t17-,20-/m1/s1. The molecule has 1 N–H and O–H groups in total. The Morgan fingerprint density at radius 2 is 1.62 bits per heavy atom. The molecule has 0 heterocycles. The number of rotatable bonds is 9. The fourth-order valence-electron chi connectivity index (χ4n) is 2.63. The highest BCUT2D eigenvalue weighted by atomic mass is 32.2. The van der Waals surface area contributed by atoms with Crippen molar-refractivity contribution >= 4 is 17.7 Å². The minimum Gasteiger partial charge on any atom is -0.352 e. The first kappa shape index (κ1) is 18.6. The van der Waals surface area contributed by atoms with Crippen LogP contribution in [0.3, 0.4) is 0 Å². The molecule has 2 atom stereocenters. The molecule has 2 aromatic carbocycles. The van der Waals surface area contributed by atoms with E-state index in [1.54, 1.807) is 11.8 Å². The zero-order chi connectivity index (χ0) is 17.2. The molecule has 2 rings (SSSR count). The van der Waals surface area contributed by atoms with Crippen LogP contribution in [0, 0.1) is 0 Å². The number of amides is 1. The van der Waals surface area contributed by atoms with Crippen LogP contribution in [-0.4, -0.2) is 11.9 Å². The van der Waals surface area contributed by atoms with E-state index in [1.807, 2.05) is 48.5 Å². The molecule has 0 aliphatic rings. The van der Waals surface area contributed by atoms with E-state index in [-0.39, 0.29) is 17.2 Å². The van der Waals surface area contributed by atoms with Gasteiger partial charge in [-0.1, -0.05) is 74.7 Å². The maximum absolute atomic E-state index is 12.9. The van der Waals surface area contributed by atoms with Crippen LogP contribution in [0.5, 0.6) is 0 Å². The minimum atomic E-state index is -0.220. The predicted molar refractivity (Wildman–Crippen MR) is 103 cm³/mol. The maximum Gasteiger partial charge on any atom is 0.238 e. The lowest BCUT2D eigenvalue weighted by Crippen LogP contribution is -2.35. The number of nitrogens with one attached hydrogen (secondary N) is 1. The summed E-state index contributed by atoms with van der Waals surface area (Å²) in [6.07, 6.45) is 4.63. The molecule has 1 amide bonds. The molecule has 0 radical (unpaired) electrons. The first-order chi connectivity index (χ1) is 11.7. The fraction of sp³-hybridized carbons (Fsp3) is 0.381. The molecule has 0 aliphatic heterocycles. The molecule has 24 heavy (non-hydrogen) atoms. The fourth-order valence-corrected chi connectivity index (χ4v) is 3.68. The summed E-state index contributed by atoms with van der Waals surface area (Å²) in [6.45, 7) is 4.30. The van der Waals surface area contributed by atoms with Crippen molar-refractivity contribution in [2.45, 2.75) is 55.7 Å². The number of benzene rings is 2. The summed E-state index contributed by atoms with van der Waals surface area (Å²) in [6, 6.07) is 20.4. The second-order valence-corrected chi connectivity index (χ2v) is 7.31. The van der Waals surface area contributed by atoms with Crippen LogP contribution in [0.1, 0.15) is 50.3 Å². The Labute approximate surface area is 150 Å². The maximum atomic E-state index is 12.9. The number of thioether (sulfide) groups is 1. The quantitative estimate of drug-likeness (QED) is 0.475. The van der Waals surface area contributed by atoms with Crippen LogP contribution < -0.4 is 5.32 Å². The van der Waals surface area contributed by atoms with Crippen molar-refractivity contribution < 1.29 is 4.79 Å². The van der Waals surface area contributed by atoms with E-state index in [2.05, 4.69) is 31.3 Å². The molecule has 0 unspecified atom stereocenters. The Morgan fingerprint density at radius 3 is 2.25 bits per heavy atom. The van der Waals surface area contributed by atoms with Crippen LogP contribution in [0.4, 0.5) is 0 Å². The predicted octanol–water partition coefficient (Wildman–Crippen LogP) is 5.61. The molecule has 0 spiro atoms. The van der Waals surface area contributed by atoms with Crippen molar-refractivity contribution in [3.8, 4) is 0 Å². The van der Waals surface area contributed by atoms with Gasteiger partial charge in [-0.2, -0.15) is 0 Å². The van der Waals surface area contributed by atoms with Gasteiger partial charge in [-0.25, -0.2) is 0 Å². The molecular weight excluding hydrogens is 314 g/mol. The molecule has 3 heteroatoms. The van der Waals surface area contributed by atoms with Crippen molar-refractivity contribution in [2.24, 2.45) is 0 Å². The van der Waals surface area contributed by atoms with Crippen molar-refractivity contribution in [3.05, 3.63) is 66.2 Å². The number of unbranched alkanes of at least 4 members (excludes halogenated alkanes) is 2. The molecule has 0 saturated carbocycles. The first-order valence-corrected chi connectivity index (χ1v) is 9.65. The van der Waals surface area contributed by atoms with Gasteiger partial charge in [-0.3, -0.25) is 4.79 Å². The first-order valence-electron chi connectivity index (χ1n) is 8.77. The van der Waals surface area contributed by atoms with E-state index >= 15 is 0 Å². The van der Waals surface area contributed by atoms with E-state index in [1.165, 1.54) is 19.3 Å². The highest BCUT2D eigenvalue weighted by Crippen LogP contribution is 2.35. The smallest absolute Gasteiger partial charge is 0.238 e. The summed E-state index contributed by atoms with van der Waals surface area (Å²) in [5.74, 6) is 0.0963. The van der Waals surface area contributed by atoms with E-state index in [9.17, 15) is 4.79 Å². The Hall–Kier alpha value is -1.74. The summed E-state index contributed by atoms with van der Waals surface area (Å²) in [5, 5.41) is 2.98. The second kappa shape index (κ2) is 10.2. The molecule has 2 nitrogen and oxygen atoms in total. The monoisotopic (exact) mass is 341 g/mol. The number of carbonyl (C=O) groups is 1. The zero-order valence-electron chi connectivity index (χ0n) is 14.6. The van der Waals surface area contributed by atoms with Gasteiger partial charge in [0, 0.05) is 10.9 Å². The highest BCUT2D eigenvalue weighted by molar-refractivity contribution is 8.00. The normalized spacial score (nSPS) is 13.2. The van der Waals surface area contributed by atoms with Crippen molar-refractivity contribution in [1.29, 1.82) is 0 Å². The van der Waals surface area contributed by atoms with Gasteiger partial charge in [0.15, 0.2) is 0 Å². The summed E-state index contributed by atoms with van der Waals surface area (Å²) in [5.41, 5.74) is 1.05. The summed E-state index contributed by atoms with van der Waals surface area (Å²) >= 11 is 1.61. The largest absolute Gasteiger partial charge is 0.352 e. The van der Waals surface area contributed by atoms with E-state index in [0.29, 0.717) is 0 Å². The number of hydrogen-bond donors (Lipinski definition) is 1. The lowest BCUT2D eigenvalue weighted by atomic mass is 10.1. The van der Waals surface area contributed by atoms with Crippen LogP contribution in [0.15, 0.2) is 65.6 Å². The van der Waals surface area contributed by atoms with E-state index < -0.39 is 0 Å². The van der Waals surface area contributed by atoms with Gasteiger partial charge < -0.3 is 5.32 Å². The average molecular weight is 342 g/mol. The van der Waals surface area contributed by atoms with Gasteiger partial charge in [-0.15, -0.1) is 11.8 Å². The van der Waals surface area contributed by atoms with Gasteiger partial charge in [0.25, 0.3) is 0 Å². The van der Waals surface area contributed by atoms with Gasteiger partial charge in [-0.05, 0) is 31.0 Å². The van der Waals surface area contributed by atoms with Crippen LogP contribution in [-0.2, 0) is 4.79 Å². The molecule has 128 valence electrons. The van der Waals surface area contributed by atoms with Crippen LogP contribution in [0.25, 0.3) is 0 Å². The molecule has 2 aromatic rings. The SMILES string of the molecule is CCCCC[C@@H](C)NC(=O)[C@H](Sc1ccccc1)c1ccccc1. The van der Waals surface area contributed by atoms with Crippen LogP contribution in [0.2, 0.25) is 0 Å². The third kappa shape index (κ3) is 6.04. The van der Waals surface area contributed by atoms with Crippen LogP contribution >= 0.6 is 11.8 Å². The summed E-state index contributed by atoms with van der Waals surface area (Å²) in [4.78, 5) is 14.0. The van der Waals surface area contributed by atoms with Crippen molar-refractivity contribution in [3.63, 3.8) is 0 Å². The van der Waals surface area contributed by atoms with Gasteiger partial charge in [0.2, 0.25) is 5.91 Å². The molecule has 0 aromatic heterocycles. The molecule has 0 aliphatic carbocycles. The highest BCUT2D eigenvalue weighted by Gasteiger charge is 2.23. The zero-order valence-corrected chi connectivity index (χ0v) is 15.4. The average Bonchev–Trinajstić information content (AvgIpc) is 2.61. The lowest BCUT2D eigenvalue weighted by Gasteiger charge is -2.20. The third-order valence-corrected chi connectivity index (χ3v) is 5.23. The van der Waals surface area contributed by atoms with Gasteiger partial charge in [0.05, 0.1) is 0 Å². The Kier molecular flexibility index (Phi) is 7.90. The lowest BCUT2D eigenvalue weighted by molar-refractivity contribution is -0.121. The Morgan fingerprint density at radius 1 is 1.00 bits per heavy atom. The molecule has 0 bridgehead atoms. The summed E-state index contributed by atoms with van der Waals surface area (Å²) < 4.78 is 0. The Balaban J connectivity index is 2.06. The van der Waals surface area contributed by atoms with E-state index in [0.717, 1.165) is 16.9 Å². The second-order valence-electron chi connectivity index (χ2n) is 6.13. The molecular formula is C21H27NOS. The van der Waals surface area contributed by atoms with Crippen molar-refractivity contribution in [1.82, 2.24) is 5.32 Å². The van der Waals surface area contributed by atoms with E-state index in [4.69, 9.17) is 0 Å². The van der Waals surface area contributed by atoms with Gasteiger partial charge in [0.1, 0.15) is 5.25 Å². The third-order valence-electron chi connectivity index (χ3n) is 3.97. The number of hydrogen-bond acceptors (Lipinski definition) is 2. The van der Waals surface area contributed by atoms with Gasteiger partial charge >= 0.3 is 0 Å². The number of carbonyl (C=O) groups excluding carboxylic acids is 1. The summed E-state index contributed by atoms with van der Waals surface area (Å²) in [7, 11) is 0. The topological polar surface area (TPSA) is 29.1 Å². The van der Waals surface area contributed by atoms with Crippen molar-refractivity contribution in [2.75, 3.05) is 0 Å². The molecule has 0 saturated heterocycles. The molecule has 0 fully saturated rings.